The number of carbonyl (C=O) groups is 2. The molecule has 1 unspecified atom stereocenters. The van der Waals surface area contributed by atoms with E-state index >= 15 is 0 Å². The van der Waals surface area contributed by atoms with Crippen molar-refractivity contribution in [1.29, 1.82) is 0 Å². The molecule has 2 N–H and O–H groups in total. The number of aliphatic carboxylic acids is 1. The van der Waals surface area contributed by atoms with Crippen molar-refractivity contribution in [2.45, 2.75) is 6.04 Å². The van der Waals surface area contributed by atoms with E-state index in [1.54, 1.807) is 30.3 Å². The van der Waals surface area contributed by atoms with Crippen molar-refractivity contribution in [3.63, 3.8) is 0 Å². The van der Waals surface area contributed by atoms with Crippen molar-refractivity contribution in [3.05, 3.63) is 54.0 Å². The van der Waals surface area contributed by atoms with Crippen LogP contribution in [0.3, 0.4) is 0 Å². The number of carbonyl (C=O) groups excluding carboxylic acids is 1. The highest BCUT2D eigenvalue weighted by molar-refractivity contribution is 5.85. The van der Waals surface area contributed by atoms with Crippen LogP contribution in [-0.4, -0.2) is 34.1 Å². The molecule has 1 atom stereocenters. The smallest absolute Gasteiger partial charge is 0.376 e. The Morgan fingerprint density at radius 1 is 1.24 bits per heavy atom. The molecule has 0 aliphatic rings. The second-order valence-corrected chi connectivity index (χ2v) is 4.08. The van der Waals surface area contributed by atoms with Crippen LogP contribution in [0.25, 0.3) is 0 Å². The first-order chi connectivity index (χ1) is 10.1. The van der Waals surface area contributed by atoms with Gasteiger partial charge in [-0.25, -0.2) is 19.6 Å². The number of carboxylic acids is 1. The first-order valence-corrected chi connectivity index (χ1v) is 6.07. The van der Waals surface area contributed by atoms with Gasteiger partial charge in [0.1, 0.15) is 5.82 Å². The lowest BCUT2D eigenvalue weighted by molar-refractivity contribution is -0.138. The first-order valence-electron chi connectivity index (χ1n) is 6.07. The van der Waals surface area contributed by atoms with E-state index in [1.165, 1.54) is 19.4 Å². The largest absolute Gasteiger partial charge is 0.479 e. The van der Waals surface area contributed by atoms with Crippen LogP contribution in [0.4, 0.5) is 5.82 Å². The van der Waals surface area contributed by atoms with Gasteiger partial charge in [-0.3, -0.25) is 0 Å². The Hall–Kier alpha value is -2.96. The molecule has 1 aromatic carbocycles. The molecular weight excluding hydrogens is 274 g/mol. The molecule has 7 heteroatoms. The molecule has 1 heterocycles. The summed E-state index contributed by atoms with van der Waals surface area (Å²) in [5, 5.41) is 12.1. The number of hydrogen-bond donors (Lipinski definition) is 2. The van der Waals surface area contributed by atoms with Crippen LogP contribution in [-0.2, 0) is 9.53 Å². The van der Waals surface area contributed by atoms with Gasteiger partial charge in [0.25, 0.3) is 0 Å². The number of esters is 1. The standard InChI is InChI=1S/C14H13N3O4/c1-21-14(20)12-15-8-7-10(17-12)16-11(13(18)19)9-5-3-2-4-6-9/h2-8,11H,1H3,(H,18,19)(H,15,16,17). The van der Waals surface area contributed by atoms with Gasteiger partial charge in [0.15, 0.2) is 6.04 Å². The molecule has 21 heavy (non-hydrogen) atoms. The second kappa shape index (κ2) is 6.47. The molecule has 0 aliphatic heterocycles. The number of anilines is 1. The highest BCUT2D eigenvalue weighted by Gasteiger charge is 2.20. The zero-order valence-electron chi connectivity index (χ0n) is 11.2. The predicted molar refractivity (Wildman–Crippen MR) is 73.8 cm³/mol. The molecule has 0 fully saturated rings. The number of hydrogen-bond acceptors (Lipinski definition) is 6. The molecule has 2 aromatic rings. The Labute approximate surface area is 120 Å². The molecule has 0 saturated heterocycles. The van der Waals surface area contributed by atoms with E-state index < -0.39 is 18.0 Å². The Morgan fingerprint density at radius 3 is 2.57 bits per heavy atom. The van der Waals surface area contributed by atoms with Gasteiger partial charge in [0.05, 0.1) is 7.11 Å². The number of carboxylic acid groups (broad SMARTS) is 1. The van der Waals surface area contributed by atoms with Gasteiger partial charge in [-0.15, -0.1) is 0 Å². The van der Waals surface area contributed by atoms with E-state index in [0.29, 0.717) is 5.56 Å². The summed E-state index contributed by atoms with van der Waals surface area (Å²) in [6, 6.07) is 9.15. The maximum Gasteiger partial charge on any atom is 0.376 e. The minimum absolute atomic E-state index is 0.139. The maximum absolute atomic E-state index is 11.4. The molecule has 0 saturated carbocycles. The highest BCUT2D eigenvalue weighted by Crippen LogP contribution is 2.18. The van der Waals surface area contributed by atoms with Crippen LogP contribution in [0.15, 0.2) is 42.6 Å². The van der Waals surface area contributed by atoms with E-state index in [4.69, 9.17) is 0 Å². The van der Waals surface area contributed by atoms with Gasteiger partial charge in [0.2, 0.25) is 5.82 Å². The third kappa shape index (κ3) is 3.53. The molecule has 0 amide bonds. The molecule has 0 spiro atoms. The Morgan fingerprint density at radius 2 is 1.95 bits per heavy atom. The van der Waals surface area contributed by atoms with Crippen molar-refractivity contribution in [2.24, 2.45) is 0 Å². The van der Waals surface area contributed by atoms with E-state index in [1.807, 2.05) is 0 Å². The van der Waals surface area contributed by atoms with Crippen LogP contribution >= 0.6 is 0 Å². The summed E-state index contributed by atoms with van der Waals surface area (Å²) in [4.78, 5) is 30.4. The third-order valence-corrected chi connectivity index (χ3v) is 2.70. The summed E-state index contributed by atoms with van der Waals surface area (Å²) in [7, 11) is 1.22. The number of methoxy groups -OCH3 is 1. The monoisotopic (exact) mass is 287 g/mol. The number of rotatable bonds is 5. The molecule has 0 bridgehead atoms. The highest BCUT2D eigenvalue weighted by atomic mass is 16.5. The van der Waals surface area contributed by atoms with Crippen LogP contribution < -0.4 is 5.32 Å². The third-order valence-electron chi connectivity index (χ3n) is 2.70. The first kappa shape index (κ1) is 14.4. The van der Waals surface area contributed by atoms with Crippen molar-refractivity contribution in [1.82, 2.24) is 9.97 Å². The van der Waals surface area contributed by atoms with Crippen LogP contribution in [0, 0.1) is 0 Å². The van der Waals surface area contributed by atoms with Gasteiger partial charge >= 0.3 is 11.9 Å². The number of ether oxygens (including phenoxy) is 1. The van der Waals surface area contributed by atoms with Crippen molar-refractivity contribution in [3.8, 4) is 0 Å². The van der Waals surface area contributed by atoms with E-state index in [2.05, 4.69) is 20.0 Å². The lowest BCUT2D eigenvalue weighted by Gasteiger charge is -2.15. The van der Waals surface area contributed by atoms with E-state index in [9.17, 15) is 14.7 Å². The molecule has 0 aliphatic carbocycles. The summed E-state index contributed by atoms with van der Waals surface area (Å²) < 4.78 is 4.52. The Bertz CT molecular complexity index is 646. The van der Waals surface area contributed by atoms with Gasteiger partial charge in [-0.05, 0) is 11.6 Å². The zero-order chi connectivity index (χ0) is 15.2. The summed E-state index contributed by atoms with van der Waals surface area (Å²) in [5.74, 6) is -1.66. The molecule has 108 valence electrons. The molecular formula is C14H13N3O4. The molecule has 1 aromatic heterocycles. The average Bonchev–Trinajstić information content (AvgIpc) is 2.52. The van der Waals surface area contributed by atoms with Gasteiger partial charge < -0.3 is 15.2 Å². The summed E-state index contributed by atoms with van der Waals surface area (Å²) in [5.41, 5.74) is 0.572. The number of aromatic nitrogens is 2. The minimum atomic E-state index is -1.06. The fourth-order valence-corrected chi connectivity index (χ4v) is 1.71. The number of benzene rings is 1. The fraction of sp³-hybridized carbons (Fsp3) is 0.143. The topological polar surface area (TPSA) is 101 Å². The number of nitrogens with zero attached hydrogens (tertiary/aromatic N) is 2. The quantitative estimate of drug-likeness (QED) is 0.803. The SMILES string of the molecule is COC(=O)c1nccc(NC(C(=O)O)c2ccccc2)n1. The lowest BCUT2D eigenvalue weighted by atomic mass is 10.1. The Kier molecular flexibility index (Phi) is 4.45. The molecule has 7 nitrogen and oxygen atoms in total. The summed E-state index contributed by atoms with van der Waals surface area (Å²) in [6.07, 6.45) is 1.35. The molecule has 0 radical (unpaired) electrons. The maximum atomic E-state index is 11.4. The summed E-state index contributed by atoms with van der Waals surface area (Å²) >= 11 is 0. The minimum Gasteiger partial charge on any atom is -0.479 e. The van der Waals surface area contributed by atoms with Gasteiger partial charge in [0, 0.05) is 6.20 Å². The Balaban J connectivity index is 2.26. The fourth-order valence-electron chi connectivity index (χ4n) is 1.71. The van der Waals surface area contributed by atoms with Crippen molar-refractivity contribution >= 4 is 17.8 Å². The zero-order valence-corrected chi connectivity index (χ0v) is 11.2. The predicted octanol–water partition coefficient (Wildman–Crippen LogP) is 1.50. The number of nitrogens with one attached hydrogen (secondary N) is 1. The average molecular weight is 287 g/mol. The summed E-state index contributed by atoms with van der Waals surface area (Å²) in [6.45, 7) is 0. The van der Waals surface area contributed by atoms with Crippen LogP contribution in [0.5, 0.6) is 0 Å². The van der Waals surface area contributed by atoms with Crippen molar-refractivity contribution < 1.29 is 19.4 Å². The van der Waals surface area contributed by atoms with Gasteiger partial charge in [-0.1, -0.05) is 30.3 Å². The normalized spacial score (nSPS) is 11.5. The van der Waals surface area contributed by atoms with E-state index in [0.717, 1.165) is 0 Å². The van der Waals surface area contributed by atoms with Crippen molar-refractivity contribution in [2.75, 3.05) is 12.4 Å². The molecule has 2 rings (SSSR count). The lowest BCUT2D eigenvalue weighted by Crippen LogP contribution is -2.21. The van der Waals surface area contributed by atoms with Crippen LogP contribution in [0.2, 0.25) is 0 Å². The van der Waals surface area contributed by atoms with Crippen LogP contribution in [0.1, 0.15) is 22.2 Å². The van der Waals surface area contributed by atoms with Gasteiger partial charge in [-0.2, -0.15) is 0 Å². The van der Waals surface area contributed by atoms with E-state index in [-0.39, 0.29) is 11.6 Å². The second-order valence-electron chi connectivity index (χ2n) is 4.08.